The van der Waals surface area contributed by atoms with Gasteiger partial charge in [0, 0.05) is 22.2 Å². The molecule has 0 bridgehead atoms. The summed E-state index contributed by atoms with van der Waals surface area (Å²) in [5.41, 5.74) is 2.02. The van der Waals surface area contributed by atoms with Gasteiger partial charge in [-0.3, -0.25) is 9.69 Å². The third kappa shape index (κ3) is 4.88. The Kier molecular flexibility index (Phi) is 7.22. The number of thiophene rings is 1. The van der Waals surface area contributed by atoms with Crippen LogP contribution in [-0.4, -0.2) is 36.9 Å². The predicted molar refractivity (Wildman–Crippen MR) is 129 cm³/mol. The molecule has 1 saturated heterocycles. The molecule has 3 nitrogen and oxygen atoms in total. The predicted octanol–water partition coefficient (Wildman–Crippen LogP) is 6.33. The number of likely N-dealkylation sites (tertiary alicyclic amines) is 1. The van der Waals surface area contributed by atoms with E-state index in [1.165, 1.54) is 29.7 Å². The van der Waals surface area contributed by atoms with E-state index in [2.05, 4.69) is 49.9 Å². The van der Waals surface area contributed by atoms with E-state index in [1.807, 2.05) is 24.3 Å². The van der Waals surface area contributed by atoms with Gasteiger partial charge in [-0.05, 0) is 49.0 Å². The van der Waals surface area contributed by atoms with Gasteiger partial charge in [-0.2, -0.15) is 0 Å². The molecule has 3 aromatic rings. The molecule has 5 heteroatoms. The van der Waals surface area contributed by atoms with Gasteiger partial charge < -0.3 is 4.74 Å². The van der Waals surface area contributed by atoms with Crippen molar-refractivity contribution in [3.63, 3.8) is 0 Å². The molecule has 0 spiro atoms. The van der Waals surface area contributed by atoms with Crippen LogP contribution in [0.1, 0.15) is 54.4 Å². The molecular formula is C25H30ClNO2S. The van der Waals surface area contributed by atoms with Gasteiger partial charge in [-0.25, -0.2) is 0 Å². The molecule has 1 fully saturated rings. The van der Waals surface area contributed by atoms with E-state index in [1.54, 1.807) is 0 Å². The van der Waals surface area contributed by atoms with Crippen molar-refractivity contribution in [2.24, 2.45) is 0 Å². The highest BCUT2D eigenvalue weighted by Crippen LogP contribution is 2.39. The van der Waals surface area contributed by atoms with Crippen molar-refractivity contribution in [1.82, 2.24) is 4.90 Å². The number of rotatable bonds is 6. The summed E-state index contributed by atoms with van der Waals surface area (Å²) < 4.78 is 7.32. The van der Waals surface area contributed by atoms with Crippen LogP contribution < -0.4 is 4.74 Å². The molecule has 2 aromatic carbocycles. The normalized spacial score (nSPS) is 14.6. The molecule has 1 aromatic heterocycles. The largest absolute Gasteiger partial charge is 0.490 e. The Hall–Kier alpha value is -1.88. The zero-order chi connectivity index (χ0) is 20.4. The average Bonchev–Trinajstić information content (AvgIpc) is 3.35. The lowest BCUT2D eigenvalue weighted by Gasteiger charge is -2.19. The average molecular weight is 444 g/mol. The summed E-state index contributed by atoms with van der Waals surface area (Å²) >= 11 is 1.53. The van der Waals surface area contributed by atoms with Crippen LogP contribution in [0, 0.1) is 0 Å². The van der Waals surface area contributed by atoms with Crippen LogP contribution in [0.25, 0.3) is 10.1 Å². The van der Waals surface area contributed by atoms with Gasteiger partial charge in [0.2, 0.25) is 5.78 Å². The summed E-state index contributed by atoms with van der Waals surface area (Å²) in [6.07, 6.45) is 2.55. The number of hydrogen-bond donors (Lipinski definition) is 0. The Bertz CT molecular complexity index is 998. The lowest BCUT2D eigenvalue weighted by atomic mass is 9.86. The molecule has 0 aliphatic carbocycles. The van der Waals surface area contributed by atoms with E-state index in [9.17, 15) is 4.79 Å². The molecule has 4 rings (SSSR count). The van der Waals surface area contributed by atoms with Gasteiger partial charge in [-0.1, -0.05) is 57.2 Å². The standard InChI is InChI=1S/C25H29NO2S.ClH/c1-25(2,3)19-12-10-18(11-13-19)22(27)24-23(20-8-4-5-9-21(20)29-24)28-17-16-26-14-6-7-15-26;/h4-5,8-13H,6-7,14-17H2,1-3H3;1H. The molecule has 1 aliphatic heterocycles. The molecule has 0 radical (unpaired) electrons. The highest BCUT2D eigenvalue weighted by Gasteiger charge is 2.22. The first-order valence-electron chi connectivity index (χ1n) is 10.5. The first kappa shape index (κ1) is 22.8. The maximum Gasteiger partial charge on any atom is 0.206 e. The Morgan fingerprint density at radius 2 is 1.70 bits per heavy atom. The van der Waals surface area contributed by atoms with Crippen LogP contribution in [0.5, 0.6) is 5.75 Å². The molecular weight excluding hydrogens is 414 g/mol. The summed E-state index contributed by atoms with van der Waals surface area (Å²) in [7, 11) is 0. The molecule has 0 unspecified atom stereocenters. The minimum Gasteiger partial charge on any atom is -0.490 e. The first-order chi connectivity index (χ1) is 13.9. The Morgan fingerprint density at radius 3 is 2.37 bits per heavy atom. The number of fused-ring (bicyclic) bond motifs is 1. The number of ether oxygens (including phenoxy) is 1. The zero-order valence-electron chi connectivity index (χ0n) is 17.9. The number of benzene rings is 2. The van der Waals surface area contributed by atoms with Gasteiger partial charge >= 0.3 is 0 Å². The van der Waals surface area contributed by atoms with E-state index < -0.39 is 0 Å². The number of nitrogens with zero attached hydrogens (tertiary/aromatic N) is 1. The zero-order valence-corrected chi connectivity index (χ0v) is 19.6. The van der Waals surface area contributed by atoms with Crippen LogP contribution in [-0.2, 0) is 5.41 Å². The third-order valence-corrected chi connectivity index (χ3v) is 6.77. The topological polar surface area (TPSA) is 29.5 Å². The van der Waals surface area contributed by atoms with Crippen molar-refractivity contribution >= 4 is 39.6 Å². The van der Waals surface area contributed by atoms with Crippen molar-refractivity contribution in [3.8, 4) is 5.75 Å². The van der Waals surface area contributed by atoms with Crippen molar-refractivity contribution in [2.45, 2.75) is 39.0 Å². The monoisotopic (exact) mass is 443 g/mol. The second-order valence-corrected chi connectivity index (χ2v) is 9.86. The van der Waals surface area contributed by atoms with Gasteiger partial charge in [0.15, 0.2) is 0 Å². The Morgan fingerprint density at radius 1 is 1.03 bits per heavy atom. The van der Waals surface area contributed by atoms with E-state index in [0.29, 0.717) is 17.0 Å². The number of halogens is 1. The van der Waals surface area contributed by atoms with Crippen LogP contribution in [0.15, 0.2) is 48.5 Å². The summed E-state index contributed by atoms with van der Waals surface area (Å²) in [5.74, 6) is 0.789. The van der Waals surface area contributed by atoms with E-state index >= 15 is 0 Å². The second kappa shape index (κ2) is 9.51. The van der Waals surface area contributed by atoms with Crippen molar-refractivity contribution in [2.75, 3.05) is 26.2 Å². The minimum atomic E-state index is 0. The number of carbonyl (C=O) groups excluding carboxylic acids is 1. The van der Waals surface area contributed by atoms with Gasteiger partial charge in [0.25, 0.3) is 0 Å². The van der Waals surface area contributed by atoms with Crippen molar-refractivity contribution in [3.05, 3.63) is 64.5 Å². The van der Waals surface area contributed by atoms with Crippen molar-refractivity contribution in [1.29, 1.82) is 0 Å². The molecule has 2 heterocycles. The molecule has 0 atom stereocenters. The number of carbonyl (C=O) groups is 1. The molecule has 0 saturated carbocycles. The molecule has 0 amide bonds. The maximum atomic E-state index is 13.3. The molecule has 160 valence electrons. The van der Waals surface area contributed by atoms with Crippen LogP contribution >= 0.6 is 23.7 Å². The fourth-order valence-electron chi connectivity index (χ4n) is 3.85. The summed E-state index contributed by atoms with van der Waals surface area (Å²) in [6, 6.07) is 16.2. The van der Waals surface area contributed by atoms with E-state index in [-0.39, 0.29) is 23.6 Å². The van der Waals surface area contributed by atoms with Gasteiger partial charge in [0.05, 0.1) is 0 Å². The lowest BCUT2D eigenvalue weighted by Crippen LogP contribution is -2.25. The Balaban J connectivity index is 0.00000256. The Labute approximate surface area is 189 Å². The molecule has 30 heavy (non-hydrogen) atoms. The van der Waals surface area contributed by atoms with Crippen LogP contribution in [0.4, 0.5) is 0 Å². The van der Waals surface area contributed by atoms with Crippen LogP contribution in [0.3, 0.4) is 0 Å². The van der Waals surface area contributed by atoms with Crippen molar-refractivity contribution < 1.29 is 9.53 Å². The van der Waals surface area contributed by atoms with E-state index in [0.717, 1.165) is 35.5 Å². The first-order valence-corrected chi connectivity index (χ1v) is 11.3. The minimum absolute atomic E-state index is 0. The molecule has 0 N–H and O–H groups in total. The fourth-order valence-corrected chi connectivity index (χ4v) is 4.96. The maximum absolute atomic E-state index is 13.3. The highest BCUT2D eigenvalue weighted by molar-refractivity contribution is 7.21. The number of ketones is 1. The van der Waals surface area contributed by atoms with E-state index in [4.69, 9.17) is 4.74 Å². The summed E-state index contributed by atoms with van der Waals surface area (Å²) in [6.45, 7) is 10.4. The third-order valence-electron chi connectivity index (χ3n) is 5.62. The van der Waals surface area contributed by atoms with Crippen LogP contribution in [0.2, 0.25) is 0 Å². The highest BCUT2D eigenvalue weighted by atomic mass is 35.5. The second-order valence-electron chi connectivity index (χ2n) is 8.81. The quantitative estimate of drug-likeness (QED) is 0.417. The lowest BCUT2D eigenvalue weighted by molar-refractivity contribution is 0.103. The van der Waals surface area contributed by atoms with Gasteiger partial charge in [0.1, 0.15) is 17.2 Å². The van der Waals surface area contributed by atoms with Gasteiger partial charge in [-0.15, -0.1) is 23.7 Å². The molecule has 1 aliphatic rings. The smallest absolute Gasteiger partial charge is 0.206 e. The number of hydrogen-bond acceptors (Lipinski definition) is 4. The summed E-state index contributed by atoms with van der Waals surface area (Å²) in [4.78, 5) is 16.5. The SMILES string of the molecule is CC(C)(C)c1ccc(C(=O)c2sc3ccccc3c2OCCN2CCCC2)cc1.Cl. The summed E-state index contributed by atoms with van der Waals surface area (Å²) in [5, 5.41) is 1.04. The fraction of sp³-hybridized carbons (Fsp3) is 0.400.